The number of amides is 1. The lowest BCUT2D eigenvalue weighted by molar-refractivity contribution is -0.129. The first-order valence-electron chi connectivity index (χ1n) is 5.67. The molecule has 1 amide bonds. The molecule has 0 aromatic heterocycles. The van der Waals surface area contributed by atoms with Crippen molar-refractivity contribution in [3.8, 4) is 6.07 Å². The van der Waals surface area contributed by atoms with Crippen molar-refractivity contribution < 1.29 is 9.53 Å². The van der Waals surface area contributed by atoms with E-state index in [4.69, 9.17) is 21.6 Å². The number of benzene rings is 1. The third-order valence-corrected chi connectivity index (χ3v) is 3.13. The Morgan fingerprint density at radius 1 is 1.61 bits per heavy atom. The summed E-state index contributed by atoms with van der Waals surface area (Å²) in [6, 6.07) is 7.46. The van der Waals surface area contributed by atoms with Crippen LogP contribution in [0.3, 0.4) is 0 Å². The molecule has 1 aromatic carbocycles. The van der Waals surface area contributed by atoms with Crippen LogP contribution < -0.4 is 4.90 Å². The van der Waals surface area contributed by atoms with Crippen molar-refractivity contribution in [1.29, 1.82) is 5.26 Å². The van der Waals surface area contributed by atoms with Gasteiger partial charge in [0.15, 0.2) is 0 Å². The van der Waals surface area contributed by atoms with E-state index in [0.717, 1.165) is 11.3 Å². The minimum Gasteiger partial charge on any atom is -0.365 e. The molecule has 94 valence electrons. The molecule has 1 aromatic rings. The van der Waals surface area contributed by atoms with Gasteiger partial charge in [-0.25, -0.2) is 0 Å². The van der Waals surface area contributed by atoms with Crippen molar-refractivity contribution in [2.24, 2.45) is 0 Å². The van der Waals surface area contributed by atoms with Gasteiger partial charge in [-0.15, -0.1) is 0 Å². The molecule has 1 aliphatic rings. The molecule has 0 saturated carbocycles. The van der Waals surface area contributed by atoms with Crippen LogP contribution in [0.1, 0.15) is 12.0 Å². The van der Waals surface area contributed by atoms with Crippen LogP contribution in [0.25, 0.3) is 0 Å². The van der Waals surface area contributed by atoms with Gasteiger partial charge in [0.1, 0.15) is 6.61 Å². The zero-order valence-corrected chi connectivity index (χ0v) is 10.8. The molecule has 5 heteroatoms. The molecule has 0 radical (unpaired) electrons. The molecule has 2 rings (SSSR count). The number of carbonyl (C=O) groups is 1. The van der Waals surface area contributed by atoms with E-state index in [2.05, 4.69) is 6.07 Å². The number of morpholine rings is 1. The fourth-order valence-corrected chi connectivity index (χ4v) is 2.23. The van der Waals surface area contributed by atoms with Crippen molar-refractivity contribution in [3.05, 3.63) is 28.8 Å². The van der Waals surface area contributed by atoms with Crippen LogP contribution in [0, 0.1) is 18.3 Å². The quantitative estimate of drug-likeness (QED) is 0.824. The van der Waals surface area contributed by atoms with Crippen LogP contribution >= 0.6 is 11.6 Å². The van der Waals surface area contributed by atoms with Crippen LogP contribution in [-0.4, -0.2) is 25.2 Å². The van der Waals surface area contributed by atoms with Crippen molar-refractivity contribution in [1.82, 2.24) is 0 Å². The smallest absolute Gasteiger partial charge is 0.253 e. The predicted octanol–water partition coefficient (Wildman–Crippen LogP) is 2.29. The van der Waals surface area contributed by atoms with Crippen molar-refractivity contribution in [3.63, 3.8) is 0 Å². The normalized spacial score (nSPS) is 19.7. The summed E-state index contributed by atoms with van der Waals surface area (Å²) in [4.78, 5) is 13.5. The molecule has 0 spiro atoms. The Labute approximate surface area is 111 Å². The number of nitriles is 1. The number of aryl methyl sites for hydroxylation is 1. The first kappa shape index (κ1) is 12.9. The Bertz CT molecular complexity index is 510. The number of hydrogen-bond donors (Lipinski definition) is 0. The van der Waals surface area contributed by atoms with Crippen molar-refractivity contribution in [2.75, 3.05) is 18.1 Å². The lowest BCUT2D eigenvalue weighted by Crippen LogP contribution is -2.47. The summed E-state index contributed by atoms with van der Waals surface area (Å²) >= 11 is 5.90. The molecule has 1 fully saturated rings. The van der Waals surface area contributed by atoms with E-state index in [-0.39, 0.29) is 25.0 Å². The fourth-order valence-electron chi connectivity index (χ4n) is 2.00. The predicted molar refractivity (Wildman–Crippen MR) is 68.5 cm³/mol. The van der Waals surface area contributed by atoms with Gasteiger partial charge in [-0.05, 0) is 30.7 Å². The molecule has 1 unspecified atom stereocenters. The maximum atomic E-state index is 11.9. The number of nitrogens with zero attached hydrogens (tertiary/aromatic N) is 2. The second-order valence-electron chi connectivity index (χ2n) is 4.23. The Kier molecular flexibility index (Phi) is 3.85. The van der Waals surface area contributed by atoms with Crippen LogP contribution in [0.15, 0.2) is 18.2 Å². The molecule has 0 aliphatic carbocycles. The highest BCUT2D eigenvalue weighted by molar-refractivity contribution is 6.30. The van der Waals surface area contributed by atoms with Gasteiger partial charge in [-0.2, -0.15) is 5.26 Å². The maximum Gasteiger partial charge on any atom is 0.253 e. The fraction of sp³-hybridized carbons (Fsp3) is 0.385. The number of hydrogen-bond acceptors (Lipinski definition) is 3. The van der Waals surface area contributed by atoms with Gasteiger partial charge in [0, 0.05) is 10.7 Å². The topological polar surface area (TPSA) is 53.3 Å². The maximum absolute atomic E-state index is 11.9. The number of rotatable bonds is 2. The van der Waals surface area contributed by atoms with Crippen molar-refractivity contribution in [2.45, 2.75) is 19.4 Å². The summed E-state index contributed by atoms with van der Waals surface area (Å²) in [6.07, 6.45) is 0.0685. The standard InChI is InChI=1S/C13H13ClN2O2/c1-9-6-10(14)2-3-12(9)16-7-11(4-5-15)18-8-13(16)17/h2-3,6,11H,4,7-8H2,1H3. The summed E-state index contributed by atoms with van der Waals surface area (Å²) in [5, 5.41) is 9.33. The number of halogens is 1. The van der Waals surface area contributed by atoms with E-state index in [1.54, 1.807) is 11.0 Å². The second kappa shape index (κ2) is 5.38. The number of carbonyl (C=O) groups excluding carboxylic acids is 1. The SMILES string of the molecule is Cc1cc(Cl)ccc1N1CC(CC#N)OCC1=O. The Morgan fingerprint density at radius 2 is 2.39 bits per heavy atom. The van der Waals surface area contributed by atoms with Gasteiger partial charge in [0.05, 0.1) is 25.1 Å². The van der Waals surface area contributed by atoms with Crippen molar-refractivity contribution >= 4 is 23.2 Å². The summed E-state index contributed by atoms with van der Waals surface area (Å²) in [5.74, 6) is -0.0883. The zero-order chi connectivity index (χ0) is 13.1. The molecule has 1 atom stereocenters. The molecule has 0 N–H and O–H groups in total. The van der Waals surface area contributed by atoms with E-state index < -0.39 is 0 Å². The minimum absolute atomic E-state index is 0.0222. The monoisotopic (exact) mass is 264 g/mol. The third-order valence-electron chi connectivity index (χ3n) is 2.90. The molecule has 18 heavy (non-hydrogen) atoms. The van der Waals surface area contributed by atoms with Gasteiger partial charge in [0.25, 0.3) is 5.91 Å². The first-order chi connectivity index (χ1) is 8.61. The summed E-state index contributed by atoms with van der Waals surface area (Å²) in [7, 11) is 0. The first-order valence-corrected chi connectivity index (χ1v) is 6.04. The highest BCUT2D eigenvalue weighted by atomic mass is 35.5. The highest BCUT2D eigenvalue weighted by Crippen LogP contribution is 2.26. The lowest BCUT2D eigenvalue weighted by atomic mass is 10.1. The average Bonchev–Trinajstić information content (AvgIpc) is 2.33. The van der Waals surface area contributed by atoms with E-state index in [0.29, 0.717) is 11.6 Å². The molecular weight excluding hydrogens is 252 g/mol. The summed E-state index contributed by atoms with van der Waals surface area (Å²) in [6.45, 7) is 2.34. The van der Waals surface area contributed by atoms with Crippen LogP contribution in [-0.2, 0) is 9.53 Å². The minimum atomic E-state index is -0.220. The lowest BCUT2D eigenvalue weighted by Gasteiger charge is -2.32. The van der Waals surface area contributed by atoms with Gasteiger partial charge in [0.2, 0.25) is 0 Å². The van der Waals surface area contributed by atoms with Gasteiger partial charge < -0.3 is 9.64 Å². The second-order valence-corrected chi connectivity index (χ2v) is 4.67. The zero-order valence-electron chi connectivity index (χ0n) is 10.0. The Balaban J connectivity index is 2.24. The largest absolute Gasteiger partial charge is 0.365 e. The van der Waals surface area contributed by atoms with Crippen LogP contribution in [0.4, 0.5) is 5.69 Å². The van der Waals surface area contributed by atoms with Crippen LogP contribution in [0.5, 0.6) is 0 Å². The molecule has 4 nitrogen and oxygen atoms in total. The molecular formula is C13H13ClN2O2. The van der Waals surface area contributed by atoms with Crippen LogP contribution in [0.2, 0.25) is 5.02 Å². The Morgan fingerprint density at radius 3 is 3.06 bits per heavy atom. The summed E-state index contributed by atoms with van der Waals surface area (Å²) in [5.41, 5.74) is 1.77. The van der Waals surface area contributed by atoms with Gasteiger partial charge in [-0.3, -0.25) is 4.79 Å². The molecule has 0 bridgehead atoms. The van der Waals surface area contributed by atoms with E-state index in [1.165, 1.54) is 0 Å². The Hall–Kier alpha value is -1.57. The van der Waals surface area contributed by atoms with Gasteiger partial charge in [-0.1, -0.05) is 11.6 Å². The summed E-state index contributed by atoms with van der Waals surface area (Å²) < 4.78 is 5.31. The van der Waals surface area contributed by atoms with Gasteiger partial charge >= 0.3 is 0 Å². The van der Waals surface area contributed by atoms with E-state index in [9.17, 15) is 4.79 Å². The molecule has 1 aliphatic heterocycles. The molecule has 1 heterocycles. The average molecular weight is 265 g/mol. The number of ether oxygens (including phenoxy) is 1. The highest BCUT2D eigenvalue weighted by Gasteiger charge is 2.28. The third kappa shape index (κ3) is 2.63. The number of anilines is 1. The molecule has 1 saturated heterocycles. The van der Waals surface area contributed by atoms with E-state index >= 15 is 0 Å². The van der Waals surface area contributed by atoms with E-state index in [1.807, 2.05) is 19.1 Å².